The van der Waals surface area contributed by atoms with Crippen LogP contribution >= 0.6 is 23.4 Å². The zero-order valence-electron chi connectivity index (χ0n) is 12.1. The van der Waals surface area contributed by atoms with Crippen LogP contribution < -0.4 is 5.32 Å². The zero-order chi connectivity index (χ0) is 15.3. The van der Waals surface area contributed by atoms with Gasteiger partial charge in [-0.3, -0.25) is 0 Å². The Morgan fingerprint density at radius 1 is 1.33 bits per heavy atom. The first kappa shape index (κ1) is 17.1. The van der Waals surface area contributed by atoms with Crippen molar-refractivity contribution in [2.24, 2.45) is 0 Å². The van der Waals surface area contributed by atoms with Gasteiger partial charge in [-0.15, -0.1) is 0 Å². The van der Waals surface area contributed by atoms with Gasteiger partial charge in [-0.2, -0.15) is 16.1 Å². The first-order valence-electron chi connectivity index (χ1n) is 7.12. The van der Waals surface area contributed by atoms with Crippen LogP contribution in [0.2, 0.25) is 5.02 Å². The topological polar surface area (TPSA) is 49.4 Å². The summed E-state index contributed by atoms with van der Waals surface area (Å²) in [5.41, 5.74) is 0.823. The Kier molecular flexibility index (Phi) is 6.37. The van der Waals surface area contributed by atoms with E-state index in [0.717, 1.165) is 30.0 Å². The van der Waals surface area contributed by atoms with Gasteiger partial charge in [0.2, 0.25) is 10.0 Å². The molecule has 0 atom stereocenters. The molecule has 1 N–H and O–H groups in total. The molecule has 0 aromatic heterocycles. The van der Waals surface area contributed by atoms with E-state index in [1.807, 2.05) is 18.7 Å². The van der Waals surface area contributed by atoms with Gasteiger partial charge in [-0.1, -0.05) is 18.5 Å². The van der Waals surface area contributed by atoms with Crippen LogP contribution in [0.5, 0.6) is 0 Å². The van der Waals surface area contributed by atoms with Gasteiger partial charge in [0.15, 0.2) is 0 Å². The van der Waals surface area contributed by atoms with E-state index in [1.165, 1.54) is 0 Å². The number of hydrogen-bond acceptors (Lipinski definition) is 4. The van der Waals surface area contributed by atoms with Crippen molar-refractivity contribution in [2.45, 2.75) is 24.8 Å². The maximum Gasteiger partial charge on any atom is 0.243 e. The number of hydrogen-bond donors (Lipinski definition) is 1. The molecule has 0 unspecified atom stereocenters. The summed E-state index contributed by atoms with van der Waals surface area (Å²) in [5.74, 6) is 1.88. The first-order chi connectivity index (χ1) is 10.1. The van der Waals surface area contributed by atoms with Crippen LogP contribution in [0.15, 0.2) is 23.1 Å². The number of halogens is 1. The fourth-order valence-corrected chi connectivity index (χ4v) is 4.94. The maximum atomic E-state index is 12.7. The van der Waals surface area contributed by atoms with Crippen LogP contribution in [-0.2, 0) is 16.6 Å². The molecule has 1 aliphatic heterocycles. The van der Waals surface area contributed by atoms with Crippen molar-refractivity contribution in [2.75, 3.05) is 31.1 Å². The smallest absolute Gasteiger partial charge is 0.243 e. The minimum absolute atomic E-state index is 0.340. The third-order valence-corrected chi connectivity index (χ3v) is 6.71. The molecule has 0 saturated carbocycles. The average molecular weight is 349 g/mol. The SMILES string of the molecule is CCNCc1cc(S(=O)(=O)N2CCCSCC2)ccc1Cl. The molecule has 0 amide bonds. The summed E-state index contributed by atoms with van der Waals surface area (Å²) in [6, 6.07) is 4.97. The van der Waals surface area contributed by atoms with Gasteiger partial charge in [0.25, 0.3) is 0 Å². The number of nitrogens with zero attached hydrogens (tertiary/aromatic N) is 1. The molecule has 1 aromatic rings. The van der Waals surface area contributed by atoms with E-state index in [9.17, 15) is 8.42 Å². The largest absolute Gasteiger partial charge is 0.313 e. The maximum absolute atomic E-state index is 12.7. The molecule has 7 heteroatoms. The molecule has 0 bridgehead atoms. The Morgan fingerprint density at radius 3 is 2.90 bits per heavy atom. The van der Waals surface area contributed by atoms with Crippen LogP contribution in [0.1, 0.15) is 18.9 Å². The second-order valence-corrected chi connectivity index (χ2v) is 8.47. The predicted octanol–water partition coefficient (Wildman–Crippen LogP) is 2.58. The van der Waals surface area contributed by atoms with E-state index >= 15 is 0 Å². The number of sulfonamides is 1. The third-order valence-electron chi connectivity index (χ3n) is 3.40. The number of nitrogens with one attached hydrogen (secondary N) is 1. The predicted molar refractivity (Wildman–Crippen MR) is 89.5 cm³/mol. The van der Waals surface area contributed by atoms with Gasteiger partial charge in [-0.05, 0) is 42.5 Å². The number of benzene rings is 1. The molecule has 4 nitrogen and oxygen atoms in total. The Bertz CT molecular complexity index is 570. The zero-order valence-corrected chi connectivity index (χ0v) is 14.5. The van der Waals surface area contributed by atoms with E-state index in [0.29, 0.717) is 29.6 Å². The molecule has 118 valence electrons. The van der Waals surface area contributed by atoms with Gasteiger partial charge in [0, 0.05) is 30.4 Å². The standard InChI is InChI=1S/C14H21ClN2O2S2/c1-2-16-11-12-10-13(4-5-14(12)15)21(18,19)17-6-3-8-20-9-7-17/h4-5,10,16H,2-3,6-9,11H2,1H3. The van der Waals surface area contributed by atoms with Gasteiger partial charge < -0.3 is 5.32 Å². The molecule has 21 heavy (non-hydrogen) atoms. The summed E-state index contributed by atoms with van der Waals surface area (Å²) < 4.78 is 27.1. The molecule has 1 heterocycles. The van der Waals surface area contributed by atoms with Crippen molar-refractivity contribution in [3.63, 3.8) is 0 Å². The Hall–Kier alpha value is -0.270. The van der Waals surface area contributed by atoms with E-state index in [4.69, 9.17) is 11.6 Å². The lowest BCUT2D eigenvalue weighted by Crippen LogP contribution is -2.33. The Morgan fingerprint density at radius 2 is 2.14 bits per heavy atom. The van der Waals surface area contributed by atoms with E-state index in [1.54, 1.807) is 22.5 Å². The lowest BCUT2D eigenvalue weighted by molar-refractivity contribution is 0.435. The fraction of sp³-hybridized carbons (Fsp3) is 0.571. The molecule has 2 rings (SSSR count). The molecule has 1 aromatic carbocycles. The molecule has 1 saturated heterocycles. The normalized spacial score (nSPS) is 17.6. The first-order valence-corrected chi connectivity index (χ1v) is 10.1. The Balaban J connectivity index is 2.26. The summed E-state index contributed by atoms with van der Waals surface area (Å²) in [6.07, 6.45) is 0.904. The van der Waals surface area contributed by atoms with Crippen LogP contribution in [0, 0.1) is 0 Å². The van der Waals surface area contributed by atoms with Crippen molar-refractivity contribution >= 4 is 33.4 Å². The molecular weight excluding hydrogens is 328 g/mol. The van der Waals surface area contributed by atoms with Gasteiger partial charge in [0.05, 0.1) is 4.90 Å². The van der Waals surface area contributed by atoms with Crippen LogP contribution in [-0.4, -0.2) is 43.9 Å². The van der Waals surface area contributed by atoms with Gasteiger partial charge in [-0.25, -0.2) is 8.42 Å². The number of rotatable bonds is 5. The molecule has 0 aliphatic carbocycles. The van der Waals surface area contributed by atoms with Gasteiger partial charge in [0.1, 0.15) is 0 Å². The molecule has 0 radical (unpaired) electrons. The van der Waals surface area contributed by atoms with Crippen LogP contribution in [0.25, 0.3) is 0 Å². The number of thioether (sulfide) groups is 1. The van der Waals surface area contributed by atoms with E-state index in [2.05, 4.69) is 5.32 Å². The third kappa shape index (κ3) is 4.36. The van der Waals surface area contributed by atoms with Crippen molar-refractivity contribution in [3.8, 4) is 0 Å². The average Bonchev–Trinajstić information content (AvgIpc) is 2.75. The highest BCUT2D eigenvalue weighted by atomic mass is 35.5. The minimum Gasteiger partial charge on any atom is -0.313 e. The van der Waals surface area contributed by atoms with Gasteiger partial charge >= 0.3 is 0 Å². The van der Waals surface area contributed by atoms with Crippen molar-refractivity contribution in [3.05, 3.63) is 28.8 Å². The highest BCUT2D eigenvalue weighted by Gasteiger charge is 2.25. The molecule has 1 aliphatic rings. The van der Waals surface area contributed by atoms with Crippen LogP contribution in [0.3, 0.4) is 0 Å². The second-order valence-electron chi connectivity index (χ2n) is 4.90. The lowest BCUT2D eigenvalue weighted by Gasteiger charge is -2.20. The second kappa shape index (κ2) is 7.83. The van der Waals surface area contributed by atoms with Crippen molar-refractivity contribution < 1.29 is 8.42 Å². The highest BCUT2D eigenvalue weighted by molar-refractivity contribution is 7.99. The van der Waals surface area contributed by atoms with E-state index in [-0.39, 0.29) is 0 Å². The molecular formula is C14H21ClN2O2S2. The highest BCUT2D eigenvalue weighted by Crippen LogP contribution is 2.24. The van der Waals surface area contributed by atoms with E-state index < -0.39 is 10.0 Å². The fourth-order valence-electron chi connectivity index (χ4n) is 2.22. The lowest BCUT2D eigenvalue weighted by atomic mass is 10.2. The summed E-state index contributed by atoms with van der Waals surface area (Å²) >= 11 is 7.95. The van der Waals surface area contributed by atoms with Crippen molar-refractivity contribution in [1.29, 1.82) is 0 Å². The minimum atomic E-state index is -3.42. The molecule has 0 spiro atoms. The summed E-state index contributed by atoms with van der Waals surface area (Å²) in [4.78, 5) is 0.340. The summed E-state index contributed by atoms with van der Waals surface area (Å²) in [5, 5.41) is 3.78. The molecule has 1 fully saturated rings. The quantitative estimate of drug-likeness (QED) is 0.888. The summed E-state index contributed by atoms with van der Waals surface area (Å²) in [7, 11) is -3.42. The van der Waals surface area contributed by atoms with Crippen molar-refractivity contribution in [1.82, 2.24) is 9.62 Å². The monoisotopic (exact) mass is 348 g/mol. The van der Waals surface area contributed by atoms with Crippen LogP contribution in [0.4, 0.5) is 0 Å². The summed E-state index contributed by atoms with van der Waals surface area (Å²) in [6.45, 7) is 4.58. The Labute approximate surface area is 136 Å².